The van der Waals surface area contributed by atoms with Gasteiger partial charge in [0.2, 0.25) is 0 Å². The molecule has 0 atom stereocenters. The molecule has 0 N–H and O–H groups in total. The second-order valence-corrected chi connectivity index (χ2v) is 8.64. The van der Waals surface area contributed by atoms with Crippen LogP contribution in [0.25, 0.3) is 16.0 Å². The highest BCUT2D eigenvalue weighted by molar-refractivity contribution is 7.98. The Morgan fingerprint density at radius 2 is 1.96 bits per heavy atom. The van der Waals surface area contributed by atoms with Crippen LogP contribution in [-0.2, 0) is 12.3 Å². The van der Waals surface area contributed by atoms with E-state index in [0.717, 1.165) is 11.3 Å². The van der Waals surface area contributed by atoms with E-state index < -0.39 is 0 Å². The first-order valence-corrected chi connectivity index (χ1v) is 10.9. The lowest BCUT2D eigenvalue weighted by Gasteiger charge is -2.12. The molecule has 4 rings (SSSR count). The Bertz CT molecular complexity index is 1260. The number of hydrogen-bond acceptors (Lipinski definition) is 5. The number of thiazole rings is 1. The molecule has 0 amide bonds. The van der Waals surface area contributed by atoms with E-state index in [-0.39, 0.29) is 11.4 Å². The number of fused-ring (bicyclic) bond motifs is 1. The van der Waals surface area contributed by atoms with Gasteiger partial charge in [0.25, 0.3) is 5.56 Å². The Morgan fingerprint density at radius 3 is 2.68 bits per heavy atom. The standard InChI is InChI=1S/C20H16FN3OS3/c1-2-23-17-16(28-20(23)26)18(25)24(15-9-4-3-5-10-15)19(22-17)27-12-13-7-6-8-14(21)11-13/h3-11H,2,12H2,1H3. The third kappa shape index (κ3) is 3.55. The van der Waals surface area contributed by atoms with Crippen LogP contribution in [-0.4, -0.2) is 14.1 Å². The number of para-hydroxylation sites is 1. The fourth-order valence-corrected chi connectivity index (χ4v) is 5.27. The lowest BCUT2D eigenvalue weighted by atomic mass is 10.2. The lowest BCUT2D eigenvalue weighted by Crippen LogP contribution is -2.21. The largest absolute Gasteiger partial charge is 0.308 e. The Labute approximate surface area is 174 Å². The zero-order chi connectivity index (χ0) is 19.7. The Kier molecular flexibility index (Phi) is 5.43. The molecule has 8 heteroatoms. The lowest BCUT2D eigenvalue weighted by molar-refractivity contribution is 0.626. The number of aryl methyl sites for hydroxylation is 1. The fourth-order valence-electron chi connectivity index (χ4n) is 2.93. The van der Waals surface area contributed by atoms with Gasteiger partial charge in [0.15, 0.2) is 14.8 Å². The summed E-state index contributed by atoms with van der Waals surface area (Å²) >= 11 is 8.11. The molecular weight excluding hydrogens is 413 g/mol. The summed E-state index contributed by atoms with van der Waals surface area (Å²) in [4.78, 5) is 18.1. The van der Waals surface area contributed by atoms with Gasteiger partial charge >= 0.3 is 0 Å². The molecule has 0 bridgehead atoms. The normalized spacial score (nSPS) is 11.2. The molecule has 0 radical (unpaired) electrons. The van der Waals surface area contributed by atoms with Gasteiger partial charge in [0.05, 0.1) is 5.69 Å². The van der Waals surface area contributed by atoms with Crippen LogP contribution < -0.4 is 5.56 Å². The molecule has 28 heavy (non-hydrogen) atoms. The fraction of sp³-hybridized carbons (Fsp3) is 0.150. The molecule has 142 valence electrons. The zero-order valence-corrected chi connectivity index (χ0v) is 17.4. The maximum atomic E-state index is 13.5. The summed E-state index contributed by atoms with van der Waals surface area (Å²) in [5.74, 6) is 0.221. The monoisotopic (exact) mass is 429 g/mol. The molecule has 2 aromatic carbocycles. The Morgan fingerprint density at radius 1 is 1.18 bits per heavy atom. The van der Waals surface area contributed by atoms with Crippen LogP contribution in [0, 0.1) is 9.77 Å². The molecule has 0 aliphatic rings. The van der Waals surface area contributed by atoms with Crippen molar-refractivity contribution >= 4 is 45.7 Å². The molecule has 4 nitrogen and oxygen atoms in total. The van der Waals surface area contributed by atoms with E-state index in [1.165, 1.54) is 35.2 Å². The van der Waals surface area contributed by atoms with Crippen LogP contribution in [0.3, 0.4) is 0 Å². The van der Waals surface area contributed by atoms with Crippen molar-refractivity contribution < 1.29 is 4.39 Å². The van der Waals surface area contributed by atoms with Gasteiger partial charge in [0.1, 0.15) is 10.5 Å². The van der Waals surface area contributed by atoms with Crippen LogP contribution in [0.2, 0.25) is 0 Å². The van der Waals surface area contributed by atoms with Gasteiger partial charge in [0, 0.05) is 12.3 Å². The summed E-state index contributed by atoms with van der Waals surface area (Å²) in [7, 11) is 0. The maximum absolute atomic E-state index is 13.5. The van der Waals surface area contributed by atoms with E-state index in [9.17, 15) is 9.18 Å². The first-order chi connectivity index (χ1) is 13.6. The number of nitrogens with zero attached hydrogens (tertiary/aromatic N) is 3. The summed E-state index contributed by atoms with van der Waals surface area (Å²) in [5, 5.41) is 0.558. The van der Waals surface area contributed by atoms with Gasteiger partial charge in [-0.3, -0.25) is 9.36 Å². The molecule has 0 saturated carbocycles. The second kappa shape index (κ2) is 7.98. The molecule has 0 aliphatic carbocycles. The average Bonchev–Trinajstić information content (AvgIpc) is 3.02. The minimum Gasteiger partial charge on any atom is -0.308 e. The van der Waals surface area contributed by atoms with Gasteiger partial charge in [-0.2, -0.15) is 0 Å². The van der Waals surface area contributed by atoms with E-state index in [0.29, 0.717) is 31.8 Å². The van der Waals surface area contributed by atoms with Crippen molar-refractivity contribution in [1.82, 2.24) is 14.1 Å². The topological polar surface area (TPSA) is 39.8 Å². The van der Waals surface area contributed by atoms with Gasteiger partial charge in [-0.25, -0.2) is 9.37 Å². The van der Waals surface area contributed by atoms with Crippen LogP contribution >= 0.6 is 35.3 Å². The highest BCUT2D eigenvalue weighted by atomic mass is 32.2. The number of hydrogen-bond donors (Lipinski definition) is 0. The second-order valence-electron chi connectivity index (χ2n) is 6.05. The number of aromatic nitrogens is 3. The van der Waals surface area contributed by atoms with Crippen molar-refractivity contribution in [3.8, 4) is 5.69 Å². The van der Waals surface area contributed by atoms with Crippen molar-refractivity contribution in [2.24, 2.45) is 0 Å². The predicted octanol–water partition coefficient (Wildman–Crippen LogP) is 5.43. The molecule has 0 aliphatic heterocycles. The van der Waals surface area contributed by atoms with Crippen LogP contribution in [0.15, 0.2) is 64.5 Å². The summed E-state index contributed by atoms with van der Waals surface area (Å²) in [6.07, 6.45) is 0. The Balaban J connectivity index is 1.89. The molecule has 4 aromatic rings. The minimum atomic E-state index is -0.278. The van der Waals surface area contributed by atoms with Gasteiger partial charge in [-0.1, -0.05) is 53.4 Å². The highest BCUT2D eigenvalue weighted by Gasteiger charge is 2.17. The average molecular weight is 430 g/mol. The number of thioether (sulfide) groups is 1. The first kappa shape index (κ1) is 19.0. The molecule has 0 fully saturated rings. The van der Waals surface area contributed by atoms with E-state index in [2.05, 4.69) is 0 Å². The van der Waals surface area contributed by atoms with Crippen molar-refractivity contribution in [3.63, 3.8) is 0 Å². The summed E-state index contributed by atoms with van der Waals surface area (Å²) < 4.78 is 18.2. The van der Waals surface area contributed by atoms with Crippen molar-refractivity contribution in [2.75, 3.05) is 0 Å². The first-order valence-electron chi connectivity index (χ1n) is 8.67. The quantitative estimate of drug-likeness (QED) is 0.241. The Hall–Kier alpha value is -2.29. The van der Waals surface area contributed by atoms with Gasteiger partial charge < -0.3 is 4.57 Å². The molecule has 0 saturated heterocycles. The molecule has 0 unspecified atom stereocenters. The molecular formula is C20H16FN3OS3. The SMILES string of the molecule is CCn1c(=S)sc2c(=O)n(-c3ccccc3)c(SCc3cccc(F)c3)nc21. The number of halogens is 1. The molecule has 0 spiro atoms. The van der Waals surface area contributed by atoms with E-state index in [4.69, 9.17) is 17.2 Å². The molecule has 2 aromatic heterocycles. The summed E-state index contributed by atoms with van der Waals surface area (Å²) in [6, 6.07) is 15.9. The van der Waals surface area contributed by atoms with Crippen molar-refractivity contribution in [1.29, 1.82) is 0 Å². The minimum absolute atomic E-state index is 0.138. The number of rotatable bonds is 5. The van der Waals surface area contributed by atoms with Crippen molar-refractivity contribution in [3.05, 3.63) is 80.3 Å². The van der Waals surface area contributed by atoms with Crippen molar-refractivity contribution in [2.45, 2.75) is 24.4 Å². The highest BCUT2D eigenvalue weighted by Crippen LogP contribution is 2.27. The van der Waals surface area contributed by atoms with Gasteiger partial charge in [-0.15, -0.1) is 0 Å². The van der Waals surface area contributed by atoms with E-state index in [1.807, 2.05) is 47.9 Å². The smallest absolute Gasteiger partial charge is 0.278 e. The third-order valence-electron chi connectivity index (χ3n) is 4.25. The maximum Gasteiger partial charge on any atom is 0.278 e. The third-order valence-corrected chi connectivity index (χ3v) is 6.68. The zero-order valence-electron chi connectivity index (χ0n) is 15.0. The summed E-state index contributed by atoms with van der Waals surface area (Å²) in [5.41, 5.74) is 2.04. The molecule has 2 heterocycles. The van der Waals surface area contributed by atoms with E-state index >= 15 is 0 Å². The van der Waals surface area contributed by atoms with Gasteiger partial charge in [-0.05, 0) is 49.0 Å². The van der Waals surface area contributed by atoms with Crippen LogP contribution in [0.1, 0.15) is 12.5 Å². The van der Waals surface area contributed by atoms with Crippen LogP contribution in [0.4, 0.5) is 4.39 Å². The van der Waals surface area contributed by atoms with E-state index in [1.54, 1.807) is 10.6 Å². The predicted molar refractivity (Wildman–Crippen MR) is 116 cm³/mol. The van der Waals surface area contributed by atoms with Crippen LogP contribution in [0.5, 0.6) is 0 Å². The summed E-state index contributed by atoms with van der Waals surface area (Å²) in [6.45, 7) is 2.63. The number of benzene rings is 2.